The molecule has 0 atom stereocenters. The zero-order valence-corrected chi connectivity index (χ0v) is 15.7. The summed E-state index contributed by atoms with van der Waals surface area (Å²) in [6, 6.07) is 2.86. The van der Waals surface area contributed by atoms with E-state index < -0.39 is 26.2 Å². The zero-order valence-electron chi connectivity index (χ0n) is 12.6. The molecule has 0 unspecified atom stereocenters. The highest BCUT2D eigenvalue weighted by molar-refractivity contribution is 14.0. The molecule has 0 fully saturated rings. The molecular formula is C13H20F2IN3O2S. The fourth-order valence-electron chi connectivity index (χ4n) is 1.36. The molecule has 0 aromatic heterocycles. The van der Waals surface area contributed by atoms with E-state index in [1.54, 1.807) is 20.8 Å². The van der Waals surface area contributed by atoms with Crippen molar-refractivity contribution in [2.45, 2.75) is 25.5 Å². The van der Waals surface area contributed by atoms with E-state index in [1.807, 2.05) is 0 Å². The van der Waals surface area contributed by atoms with Crippen molar-refractivity contribution in [2.24, 2.45) is 10.7 Å². The molecular weight excluding hydrogens is 427 g/mol. The normalized spacial score (nSPS) is 12.7. The van der Waals surface area contributed by atoms with Gasteiger partial charge in [-0.25, -0.2) is 17.2 Å². The van der Waals surface area contributed by atoms with Crippen molar-refractivity contribution < 1.29 is 17.2 Å². The van der Waals surface area contributed by atoms with Gasteiger partial charge in [-0.2, -0.15) is 0 Å². The number of rotatable bonds is 4. The fourth-order valence-corrected chi connectivity index (χ4v) is 2.31. The summed E-state index contributed by atoms with van der Waals surface area (Å²) in [4.78, 5) is 3.80. The van der Waals surface area contributed by atoms with Gasteiger partial charge in [0, 0.05) is 6.07 Å². The first-order chi connectivity index (χ1) is 9.53. The minimum atomic E-state index is -3.31. The number of hydrogen-bond acceptors (Lipinski definition) is 3. The van der Waals surface area contributed by atoms with Gasteiger partial charge >= 0.3 is 0 Å². The molecule has 0 saturated heterocycles. The molecule has 22 heavy (non-hydrogen) atoms. The van der Waals surface area contributed by atoms with Crippen molar-refractivity contribution in [3.8, 4) is 0 Å². The van der Waals surface area contributed by atoms with Crippen LogP contribution in [0.5, 0.6) is 0 Å². The molecule has 0 spiro atoms. The van der Waals surface area contributed by atoms with Gasteiger partial charge in [-0.15, -0.1) is 24.0 Å². The van der Waals surface area contributed by atoms with Crippen LogP contribution in [0.15, 0.2) is 23.2 Å². The van der Waals surface area contributed by atoms with Crippen LogP contribution >= 0.6 is 24.0 Å². The van der Waals surface area contributed by atoms with Crippen molar-refractivity contribution in [1.29, 1.82) is 0 Å². The molecule has 1 rings (SSSR count). The maximum Gasteiger partial charge on any atom is 0.193 e. The minimum absolute atomic E-state index is 0. The number of hydrogen-bond donors (Lipinski definition) is 2. The van der Waals surface area contributed by atoms with E-state index >= 15 is 0 Å². The Bertz CT molecular complexity index is 643. The highest BCUT2D eigenvalue weighted by atomic mass is 127. The van der Waals surface area contributed by atoms with Gasteiger partial charge in [0.2, 0.25) is 0 Å². The van der Waals surface area contributed by atoms with Crippen molar-refractivity contribution >= 4 is 45.5 Å². The Labute approximate surface area is 146 Å². The predicted octanol–water partition coefficient (Wildman–Crippen LogP) is 2.52. The van der Waals surface area contributed by atoms with E-state index in [1.165, 1.54) is 0 Å². The van der Waals surface area contributed by atoms with Gasteiger partial charge in [0.05, 0.1) is 22.7 Å². The topological polar surface area (TPSA) is 84.5 Å². The van der Waals surface area contributed by atoms with Crippen LogP contribution in [0.4, 0.5) is 14.5 Å². The highest BCUT2D eigenvalue weighted by Gasteiger charge is 2.28. The molecule has 0 amide bonds. The third-order valence-corrected chi connectivity index (χ3v) is 5.35. The molecule has 1 aromatic carbocycles. The summed E-state index contributed by atoms with van der Waals surface area (Å²) in [5.41, 5.74) is 5.36. The Hall–Kier alpha value is -0.970. The second-order valence-corrected chi connectivity index (χ2v) is 8.31. The third kappa shape index (κ3) is 6.03. The van der Waals surface area contributed by atoms with Gasteiger partial charge in [-0.3, -0.25) is 4.99 Å². The Morgan fingerprint density at radius 3 is 2.45 bits per heavy atom. The van der Waals surface area contributed by atoms with E-state index in [2.05, 4.69) is 10.3 Å². The molecule has 0 bridgehead atoms. The molecule has 9 heteroatoms. The molecule has 0 aliphatic heterocycles. The fraction of sp³-hybridized carbons (Fsp3) is 0.462. The first-order valence-electron chi connectivity index (χ1n) is 6.27. The number of nitrogens with zero attached hydrogens (tertiary/aromatic N) is 1. The second-order valence-electron chi connectivity index (χ2n) is 5.45. The number of nitrogens with two attached hydrogens (primary N) is 1. The number of halogens is 3. The van der Waals surface area contributed by atoms with Crippen LogP contribution in [-0.4, -0.2) is 31.4 Å². The number of sulfone groups is 1. The van der Waals surface area contributed by atoms with Gasteiger partial charge in [-0.1, -0.05) is 0 Å². The largest absolute Gasteiger partial charge is 0.370 e. The molecule has 0 radical (unpaired) electrons. The lowest BCUT2D eigenvalue weighted by Gasteiger charge is -2.18. The van der Waals surface area contributed by atoms with E-state index in [-0.39, 0.29) is 47.9 Å². The van der Waals surface area contributed by atoms with Crippen molar-refractivity contribution in [2.75, 3.05) is 17.6 Å². The van der Waals surface area contributed by atoms with Crippen molar-refractivity contribution in [3.63, 3.8) is 0 Å². The lowest BCUT2D eigenvalue weighted by Crippen LogP contribution is -2.32. The van der Waals surface area contributed by atoms with E-state index in [9.17, 15) is 17.2 Å². The maximum absolute atomic E-state index is 13.4. The Balaban J connectivity index is 0.00000441. The summed E-state index contributed by atoms with van der Waals surface area (Å²) in [6.45, 7) is 4.72. The van der Waals surface area contributed by atoms with Gasteiger partial charge in [0.25, 0.3) is 0 Å². The third-order valence-electron chi connectivity index (χ3n) is 2.77. The van der Waals surface area contributed by atoms with Crippen LogP contribution < -0.4 is 11.1 Å². The number of anilines is 1. The molecule has 5 nitrogen and oxygen atoms in total. The van der Waals surface area contributed by atoms with Gasteiger partial charge < -0.3 is 11.1 Å². The predicted molar refractivity (Wildman–Crippen MR) is 95.4 cm³/mol. The van der Waals surface area contributed by atoms with Crippen LogP contribution in [0.25, 0.3) is 0 Å². The number of nitrogens with one attached hydrogen (secondary N) is 1. The van der Waals surface area contributed by atoms with Crippen LogP contribution in [0.2, 0.25) is 0 Å². The summed E-state index contributed by atoms with van der Waals surface area (Å²) >= 11 is 0. The van der Waals surface area contributed by atoms with Crippen LogP contribution in [-0.2, 0) is 9.84 Å². The summed E-state index contributed by atoms with van der Waals surface area (Å²) in [5, 5.41) is 2.39. The molecule has 0 saturated carbocycles. The molecule has 0 aliphatic rings. The molecule has 126 valence electrons. The van der Waals surface area contributed by atoms with Crippen LogP contribution in [0.1, 0.15) is 20.8 Å². The summed E-state index contributed by atoms with van der Waals surface area (Å²) in [7, 11) is -3.31. The maximum atomic E-state index is 13.4. The minimum Gasteiger partial charge on any atom is -0.370 e. The van der Waals surface area contributed by atoms with E-state index in [0.717, 1.165) is 18.2 Å². The Morgan fingerprint density at radius 2 is 1.91 bits per heavy atom. The number of aliphatic imine (C=N–C) groups is 1. The van der Waals surface area contributed by atoms with Crippen molar-refractivity contribution in [1.82, 2.24) is 0 Å². The highest BCUT2D eigenvalue weighted by Crippen LogP contribution is 2.16. The number of guanidine groups is 1. The Morgan fingerprint density at radius 1 is 1.32 bits per heavy atom. The van der Waals surface area contributed by atoms with Crippen molar-refractivity contribution in [3.05, 3.63) is 29.8 Å². The van der Waals surface area contributed by atoms with E-state index in [0.29, 0.717) is 0 Å². The molecule has 1 aromatic rings. The molecule has 0 aliphatic carbocycles. The molecule has 3 N–H and O–H groups in total. The zero-order chi connectivity index (χ0) is 16.3. The van der Waals surface area contributed by atoms with Gasteiger partial charge in [0.15, 0.2) is 15.8 Å². The first kappa shape index (κ1) is 21.0. The lowest BCUT2D eigenvalue weighted by atomic mass is 10.3. The van der Waals surface area contributed by atoms with Crippen LogP contribution in [0, 0.1) is 11.6 Å². The van der Waals surface area contributed by atoms with Crippen LogP contribution in [0.3, 0.4) is 0 Å². The lowest BCUT2D eigenvalue weighted by molar-refractivity contribution is 0.560. The Kier molecular flexibility index (Phi) is 7.69. The SMILES string of the molecule is CC(C)(C)S(=O)(=O)CCN=C(N)Nc1cc(F)ccc1F.I. The van der Waals surface area contributed by atoms with E-state index in [4.69, 9.17) is 5.73 Å². The van der Waals surface area contributed by atoms with Gasteiger partial charge in [-0.05, 0) is 32.9 Å². The monoisotopic (exact) mass is 447 g/mol. The summed E-state index contributed by atoms with van der Waals surface area (Å²) < 4.78 is 49.2. The average molecular weight is 447 g/mol. The standard InChI is InChI=1S/C13H19F2N3O2S.HI/c1-13(2,3)21(19,20)7-6-17-12(16)18-11-8-9(14)4-5-10(11)15;/h4-5,8H,6-7H2,1-3H3,(H3,16,17,18);1H. The molecule has 0 heterocycles. The smallest absolute Gasteiger partial charge is 0.193 e. The summed E-state index contributed by atoms with van der Waals surface area (Å²) in [5.74, 6) is -1.66. The quantitative estimate of drug-likeness (QED) is 0.422. The summed E-state index contributed by atoms with van der Waals surface area (Å²) in [6.07, 6.45) is 0. The first-order valence-corrected chi connectivity index (χ1v) is 7.92. The second kappa shape index (κ2) is 8.04. The number of benzene rings is 1. The average Bonchev–Trinajstić information content (AvgIpc) is 2.32. The van der Waals surface area contributed by atoms with Gasteiger partial charge in [0.1, 0.15) is 11.6 Å².